The highest BCUT2D eigenvalue weighted by Gasteiger charge is 2.19. The van der Waals surface area contributed by atoms with Gasteiger partial charge < -0.3 is 0 Å². The van der Waals surface area contributed by atoms with Gasteiger partial charge in [0.1, 0.15) is 11.4 Å². The van der Waals surface area contributed by atoms with E-state index >= 15 is 0 Å². The standard InChI is InChI=1S/C12H11N3O3S/c1-2-19(17,18)11-4-3-7-13-12(11)10-6-5-9(15-16)8-14-10/h3-8H,2H2,1H3. The monoisotopic (exact) mass is 277 g/mol. The number of hydrogen-bond donors (Lipinski definition) is 0. The summed E-state index contributed by atoms with van der Waals surface area (Å²) in [6.07, 6.45) is 2.77. The zero-order valence-corrected chi connectivity index (χ0v) is 11.0. The lowest BCUT2D eigenvalue weighted by Gasteiger charge is -2.07. The number of hydrogen-bond acceptors (Lipinski definition) is 6. The molecule has 7 heteroatoms. The first-order valence-electron chi connectivity index (χ1n) is 5.56. The van der Waals surface area contributed by atoms with Crippen molar-refractivity contribution in [2.24, 2.45) is 5.18 Å². The smallest absolute Gasteiger partial charge is 0.180 e. The Balaban J connectivity index is 2.59. The van der Waals surface area contributed by atoms with Crippen LogP contribution in [0.3, 0.4) is 0 Å². The zero-order valence-electron chi connectivity index (χ0n) is 10.1. The van der Waals surface area contributed by atoms with Crippen molar-refractivity contribution in [2.45, 2.75) is 11.8 Å². The Hall–Kier alpha value is -2.15. The molecule has 2 aromatic rings. The predicted octanol–water partition coefficient (Wildman–Crippen LogP) is 2.34. The van der Waals surface area contributed by atoms with Gasteiger partial charge in [0.2, 0.25) is 0 Å². The van der Waals surface area contributed by atoms with Crippen molar-refractivity contribution in [3.8, 4) is 11.4 Å². The summed E-state index contributed by atoms with van der Waals surface area (Å²) in [4.78, 5) is 18.5. The van der Waals surface area contributed by atoms with Gasteiger partial charge in [-0.25, -0.2) is 8.42 Å². The van der Waals surface area contributed by atoms with Gasteiger partial charge >= 0.3 is 0 Å². The number of sulfone groups is 1. The Morgan fingerprint density at radius 1 is 1.21 bits per heavy atom. The maximum absolute atomic E-state index is 12.0. The number of rotatable bonds is 4. The summed E-state index contributed by atoms with van der Waals surface area (Å²) >= 11 is 0. The topological polar surface area (TPSA) is 89.4 Å². The van der Waals surface area contributed by atoms with Crippen molar-refractivity contribution >= 4 is 15.5 Å². The van der Waals surface area contributed by atoms with Gasteiger partial charge in [0.15, 0.2) is 9.84 Å². The first kappa shape index (κ1) is 13.3. The summed E-state index contributed by atoms with van der Waals surface area (Å²) in [6.45, 7) is 1.57. The lowest BCUT2D eigenvalue weighted by Crippen LogP contribution is -2.07. The second-order valence-electron chi connectivity index (χ2n) is 3.75. The molecule has 98 valence electrons. The molecule has 0 saturated carbocycles. The van der Waals surface area contributed by atoms with Crippen molar-refractivity contribution in [3.63, 3.8) is 0 Å². The maximum atomic E-state index is 12.0. The Morgan fingerprint density at radius 2 is 2.00 bits per heavy atom. The van der Waals surface area contributed by atoms with E-state index in [0.717, 1.165) is 0 Å². The van der Waals surface area contributed by atoms with Crippen LogP contribution in [0.1, 0.15) is 6.92 Å². The highest BCUT2D eigenvalue weighted by atomic mass is 32.2. The second-order valence-corrected chi connectivity index (χ2v) is 5.99. The average molecular weight is 277 g/mol. The molecule has 0 bridgehead atoms. The van der Waals surface area contributed by atoms with Crippen LogP contribution in [0.2, 0.25) is 0 Å². The molecule has 0 radical (unpaired) electrons. The second kappa shape index (κ2) is 5.23. The molecule has 0 aliphatic rings. The summed E-state index contributed by atoms with van der Waals surface area (Å²) < 4.78 is 24.0. The Bertz CT molecular complexity index is 696. The highest BCUT2D eigenvalue weighted by molar-refractivity contribution is 7.91. The minimum atomic E-state index is -3.38. The largest absolute Gasteiger partial charge is 0.253 e. The van der Waals surface area contributed by atoms with Crippen LogP contribution in [0.15, 0.2) is 46.7 Å². The number of nitroso groups, excluding NO2 is 1. The van der Waals surface area contributed by atoms with Crippen LogP contribution in [0.25, 0.3) is 11.4 Å². The summed E-state index contributed by atoms with van der Waals surface area (Å²) in [7, 11) is -3.38. The van der Waals surface area contributed by atoms with Gasteiger partial charge in [-0.15, -0.1) is 4.91 Å². The lowest BCUT2D eigenvalue weighted by molar-refractivity contribution is 0.597. The molecule has 19 heavy (non-hydrogen) atoms. The first-order valence-corrected chi connectivity index (χ1v) is 7.21. The molecule has 2 heterocycles. The van der Waals surface area contributed by atoms with E-state index in [-0.39, 0.29) is 22.0 Å². The molecule has 0 atom stereocenters. The van der Waals surface area contributed by atoms with Crippen LogP contribution in [0.5, 0.6) is 0 Å². The molecule has 0 aliphatic carbocycles. The fourth-order valence-corrected chi connectivity index (χ4v) is 2.62. The van der Waals surface area contributed by atoms with E-state index in [1.807, 2.05) is 0 Å². The minimum Gasteiger partial charge on any atom is -0.253 e. The fourth-order valence-electron chi connectivity index (χ4n) is 1.57. The predicted molar refractivity (Wildman–Crippen MR) is 70.6 cm³/mol. The summed E-state index contributed by atoms with van der Waals surface area (Å²) in [5.74, 6) is -0.0142. The van der Waals surface area contributed by atoms with Crippen LogP contribution < -0.4 is 0 Å². The fraction of sp³-hybridized carbons (Fsp3) is 0.167. The molecule has 0 N–H and O–H groups in total. The zero-order chi connectivity index (χ0) is 13.9. The third-order valence-corrected chi connectivity index (χ3v) is 4.34. The van der Waals surface area contributed by atoms with Crippen molar-refractivity contribution in [1.29, 1.82) is 0 Å². The third-order valence-electron chi connectivity index (χ3n) is 2.58. The van der Waals surface area contributed by atoms with Crippen LogP contribution in [0, 0.1) is 4.91 Å². The summed E-state index contributed by atoms with van der Waals surface area (Å²) in [6, 6.07) is 6.04. The van der Waals surface area contributed by atoms with Gasteiger partial charge in [0.05, 0.1) is 22.5 Å². The number of nitrogens with zero attached hydrogens (tertiary/aromatic N) is 3. The SMILES string of the molecule is CCS(=O)(=O)c1cccnc1-c1ccc(N=O)cn1. The first-order chi connectivity index (χ1) is 9.08. The molecule has 2 aromatic heterocycles. The molecule has 0 spiro atoms. The number of aromatic nitrogens is 2. The van der Waals surface area contributed by atoms with Crippen molar-refractivity contribution in [3.05, 3.63) is 41.6 Å². The molecular weight excluding hydrogens is 266 g/mol. The van der Waals surface area contributed by atoms with Crippen LogP contribution in [0.4, 0.5) is 5.69 Å². The molecule has 6 nitrogen and oxygen atoms in total. The highest BCUT2D eigenvalue weighted by Crippen LogP contribution is 2.25. The molecule has 0 amide bonds. The van der Waals surface area contributed by atoms with Gasteiger partial charge in [-0.05, 0) is 29.4 Å². The van der Waals surface area contributed by atoms with Gasteiger partial charge in [-0.3, -0.25) is 9.97 Å². The average Bonchev–Trinajstić information content (AvgIpc) is 2.47. The summed E-state index contributed by atoms with van der Waals surface area (Å²) in [5, 5.41) is 2.74. The van der Waals surface area contributed by atoms with Gasteiger partial charge in [-0.2, -0.15) is 0 Å². The lowest BCUT2D eigenvalue weighted by atomic mass is 10.2. The van der Waals surface area contributed by atoms with Crippen LogP contribution in [-0.4, -0.2) is 24.1 Å². The van der Waals surface area contributed by atoms with E-state index in [1.165, 1.54) is 30.6 Å². The molecule has 0 saturated heterocycles. The molecule has 0 unspecified atom stereocenters. The van der Waals surface area contributed by atoms with Gasteiger partial charge in [0.25, 0.3) is 0 Å². The molecule has 0 aliphatic heterocycles. The van der Waals surface area contributed by atoms with Gasteiger partial charge in [-0.1, -0.05) is 6.92 Å². The third kappa shape index (κ3) is 2.65. The van der Waals surface area contributed by atoms with E-state index in [9.17, 15) is 13.3 Å². The van der Waals surface area contributed by atoms with Crippen molar-refractivity contribution in [1.82, 2.24) is 9.97 Å². The van der Waals surface area contributed by atoms with E-state index < -0.39 is 9.84 Å². The Labute approximate surface area is 110 Å². The molecular formula is C12H11N3O3S. The van der Waals surface area contributed by atoms with Crippen LogP contribution >= 0.6 is 0 Å². The van der Waals surface area contributed by atoms with E-state index in [0.29, 0.717) is 5.69 Å². The Kier molecular flexibility index (Phi) is 3.66. The van der Waals surface area contributed by atoms with E-state index in [4.69, 9.17) is 0 Å². The van der Waals surface area contributed by atoms with Crippen LogP contribution in [-0.2, 0) is 9.84 Å². The van der Waals surface area contributed by atoms with E-state index in [2.05, 4.69) is 15.1 Å². The Morgan fingerprint density at radius 3 is 2.58 bits per heavy atom. The summed E-state index contributed by atoms with van der Waals surface area (Å²) in [5.41, 5.74) is 0.849. The van der Waals surface area contributed by atoms with Gasteiger partial charge in [0, 0.05) is 6.20 Å². The van der Waals surface area contributed by atoms with Crippen molar-refractivity contribution in [2.75, 3.05) is 5.75 Å². The molecule has 0 fully saturated rings. The molecule has 0 aromatic carbocycles. The minimum absolute atomic E-state index is 0.0142. The van der Waals surface area contributed by atoms with Crippen molar-refractivity contribution < 1.29 is 8.42 Å². The molecule has 2 rings (SSSR count). The number of pyridine rings is 2. The van der Waals surface area contributed by atoms with E-state index in [1.54, 1.807) is 13.0 Å². The normalized spacial score (nSPS) is 11.2. The maximum Gasteiger partial charge on any atom is 0.180 e. The quantitative estimate of drug-likeness (QED) is 0.800.